The van der Waals surface area contributed by atoms with Crippen LogP contribution >= 0.6 is 0 Å². The number of hydrogen-bond donors (Lipinski definition) is 1. The highest BCUT2D eigenvalue weighted by molar-refractivity contribution is 5.95. The number of esters is 2. The number of amides is 4. The van der Waals surface area contributed by atoms with Gasteiger partial charge < -0.3 is 29.5 Å². The van der Waals surface area contributed by atoms with Crippen LogP contribution in [-0.2, 0) is 38.2 Å². The first-order valence-electron chi connectivity index (χ1n) is 19.0. The molecule has 12 heteroatoms. The van der Waals surface area contributed by atoms with Crippen molar-refractivity contribution in [2.45, 2.75) is 150 Å². The van der Waals surface area contributed by atoms with Gasteiger partial charge in [-0.05, 0) is 49.9 Å². The van der Waals surface area contributed by atoms with Gasteiger partial charge in [0.15, 0.2) is 6.10 Å². The average Bonchev–Trinajstić information content (AvgIpc) is 3.60. The Morgan fingerprint density at radius 1 is 0.804 bits per heavy atom. The van der Waals surface area contributed by atoms with E-state index in [1.165, 1.54) is 21.7 Å². The number of nitrogens with zero attached hydrogens (tertiary/aromatic N) is 3. The molecule has 4 amide bonds. The lowest BCUT2D eigenvalue weighted by Gasteiger charge is -2.37. The predicted molar refractivity (Wildman–Crippen MR) is 195 cm³/mol. The Labute approximate surface area is 306 Å². The van der Waals surface area contributed by atoms with Crippen molar-refractivity contribution in [3.8, 4) is 12.3 Å². The molecule has 2 aliphatic rings. The largest absolute Gasteiger partial charge is 0.460 e. The summed E-state index contributed by atoms with van der Waals surface area (Å²) >= 11 is 0. The van der Waals surface area contributed by atoms with Crippen molar-refractivity contribution in [3.05, 3.63) is 0 Å². The van der Waals surface area contributed by atoms with E-state index in [0.29, 0.717) is 51.4 Å². The molecule has 0 aromatic rings. The SMILES string of the molecule is C#CCCC[C@H]1OC(=O)[C@H]([C@H](C)CC)N(C)C(=O)[C@@H]2CCCN2C(=O)[C@H]([C@@H](C)CC)OC(=O)[C@H]([C@@H](C)CC)N(C)C(=O)[C@H](C(C)C)NC(=O)[C@H]1C. The van der Waals surface area contributed by atoms with Gasteiger partial charge in [-0.15, -0.1) is 12.3 Å². The fraction of sp³-hybridized carbons (Fsp3) is 0.795. The maximum absolute atomic E-state index is 14.3. The monoisotopic (exact) mass is 716 g/mol. The number of unbranched alkanes of at least 4 members (excludes halogenated alkanes) is 1. The van der Waals surface area contributed by atoms with Crippen molar-refractivity contribution in [2.24, 2.45) is 29.6 Å². The van der Waals surface area contributed by atoms with Gasteiger partial charge in [0.25, 0.3) is 5.91 Å². The first kappa shape index (κ1) is 43.5. The summed E-state index contributed by atoms with van der Waals surface area (Å²) in [5, 5.41) is 2.88. The Morgan fingerprint density at radius 3 is 1.84 bits per heavy atom. The molecule has 2 heterocycles. The van der Waals surface area contributed by atoms with Gasteiger partial charge in [0.05, 0.1) is 5.92 Å². The topological polar surface area (TPSA) is 143 Å². The number of likely N-dealkylation sites (N-methyl/N-ethyl adjacent to an activating group) is 2. The van der Waals surface area contributed by atoms with Crippen LogP contribution in [-0.4, -0.2) is 107 Å². The summed E-state index contributed by atoms with van der Waals surface area (Å²) in [6.45, 7) is 16.7. The summed E-state index contributed by atoms with van der Waals surface area (Å²) in [5.41, 5.74) is 0. The van der Waals surface area contributed by atoms with Crippen LogP contribution in [0.2, 0.25) is 0 Å². The fourth-order valence-electron chi connectivity index (χ4n) is 6.99. The highest BCUT2D eigenvalue weighted by atomic mass is 16.6. The molecule has 0 saturated carbocycles. The Kier molecular flexibility index (Phi) is 16.9. The van der Waals surface area contributed by atoms with Gasteiger partial charge >= 0.3 is 11.9 Å². The third kappa shape index (κ3) is 10.5. The number of ether oxygens (including phenoxy) is 2. The Morgan fingerprint density at radius 2 is 1.33 bits per heavy atom. The van der Waals surface area contributed by atoms with E-state index in [9.17, 15) is 28.8 Å². The molecule has 0 bridgehead atoms. The highest BCUT2D eigenvalue weighted by Gasteiger charge is 2.46. The van der Waals surface area contributed by atoms with Crippen LogP contribution in [0, 0.1) is 41.9 Å². The van der Waals surface area contributed by atoms with Gasteiger partial charge in [-0.1, -0.05) is 75.2 Å². The van der Waals surface area contributed by atoms with Crippen LogP contribution in [0.4, 0.5) is 0 Å². The second kappa shape index (κ2) is 19.8. The number of terminal acetylenes is 1. The highest BCUT2D eigenvalue weighted by Crippen LogP contribution is 2.29. The molecule has 2 aliphatic heterocycles. The van der Waals surface area contributed by atoms with E-state index < -0.39 is 77.9 Å². The first-order valence-corrected chi connectivity index (χ1v) is 19.0. The van der Waals surface area contributed by atoms with E-state index >= 15 is 0 Å². The summed E-state index contributed by atoms with van der Waals surface area (Å²) in [4.78, 5) is 89.0. The number of cyclic esters (lactones) is 2. The lowest BCUT2D eigenvalue weighted by molar-refractivity contribution is -0.172. The molecule has 0 aromatic heterocycles. The van der Waals surface area contributed by atoms with Gasteiger partial charge in [0.2, 0.25) is 17.7 Å². The van der Waals surface area contributed by atoms with E-state index in [0.717, 1.165) is 0 Å². The van der Waals surface area contributed by atoms with Crippen molar-refractivity contribution in [1.82, 2.24) is 20.0 Å². The van der Waals surface area contributed by atoms with E-state index in [1.54, 1.807) is 27.8 Å². The summed E-state index contributed by atoms with van der Waals surface area (Å²) in [6, 6.07) is -3.92. The summed E-state index contributed by atoms with van der Waals surface area (Å²) < 4.78 is 12.2. The molecule has 2 rings (SSSR count). The van der Waals surface area contributed by atoms with Crippen LogP contribution in [0.15, 0.2) is 0 Å². The van der Waals surface area contributed by atoms with Gasteiger partial charge in [0, 0.05) is 33.0 Å². The van der Waals surface area contributed by atoms with Crippen molar-refractivity contribution in [2.75, 3.05) is 20.6 Å². The average molecular weight is 717 g/mol. The van der Waals surface area contributed by atoms with Crippen molar-refractivity contribution in [1.29, 1.82) is 0 Å². The summed E-state index contributed by atoms with van der Waals surface area (Å²) in [5.74, 6) is -2.94. The third-order valence-corrected chi connectivity index (χ3v) is 11.1. The van der Waals surface area contributed by atoms with Crippen molar-refractivity contribution in [3.63, 3.8) is 0 Å². The van der Waals surface area contributed by atoms with Gasteiger partial charge in [0.1, 0.15) is 30.3 Å². The van der Waals surface area contributed by atoms with E-state index in [4.69, 9.17) is 15.9 Å². The second-order valence-electron chi connectivity index (χ2n) is 15.1. The van der Waals surface area contributed by atoms with Crippen LogP contribution in [0.25, 0.3) is 0 Å². The lowest BCUT2D eigenvalue weighted by Crippen LogP contribution is -2.58. The van der Waals surface area contributed by atoms with Crippen molar-refractivity contribution >= 4 is 35.6 Å². The Bertz CT molecular complexity index is 1280. The maximum Gasteiger partial charge on any atom is 0.329 e. The number of nitrogens with one attached hydrogen (secondary N) is 1. The van der Waals surface area contributed by atoms with E-state index in [2.05, 4.69) is 11.2 Å². The number of fused-ring (bicyclic) bond motifs is 1. The fourth-order valence-corrected chi connectivity index (χ4v) is 6.99. The van der Waals surface area contributed by atoms with Crippen molar-refractivity contribution < 1.29 is 38.2 Å². The molecule has 0 spiro atoms. The molecule has 0 radical (unpaired) electrons. The molecule has 2 saturated heterocycles. The molecular formula is C39H64N4O8. The maximum atomic E-state index is 14.3. The number of carbonyl (C=O) groups is 6. The molecular weight excluding hydrogens is 652 g/mol. The van der Waals surface area contributed by atoms with E-state index in [-0.39, 0.29) is 30.2 Å². The zero-order valence-electron chi connectivity index (χ0n) is 32.9. The van der Waals surface area contributed by atoms with Crippen LogP contribution in [0.5, 0.6) is 0 Å². The summed E-state index contributed by atoms with van der Waals surface area (Å²) in [7, 11) is 3.06. The van der Waals surface area contributed by atoms with E-state index in [1.807, 2.05) is 41.5 Å². The molecule has 10 atom stereocenters. The molecule has 288 valence electrons. The minimum absolute atomic E-state index is 0.289. The Balaban J connectivity index is 2.79. The smallest absolute Gasteiger partial charge is 0.329 e. The second-order valence-corrected chi connectivity index (χ2v) is 15.1. The zero-order chi connectivity index (χ0) is 38.7. The number of carbonyl (C=O) groups excluding carboxylic acids is 6. The zero-order valence-corrected chi connectivity index (χ0v) is 32.9. The molecule has 0 aliphatic carbocycles. The number of rotatable bonds is 10. The van der Waals surface area contributed by atoms with Crippen LogP contribution in [0.3, 0.4) is 0 Å². The third-order valence-electron chi connectivity index (χ3n) is 11.1. The van der Waals surface area contributed by atoms with Crippen LogP contribution in [0.1, 0.15) is 114 Å². The molecule has 2 fully saturated rings. The minimum atomic E-state index is -1.20. The molecule has 12 nitrogen and oxygen atoms in total. The summed E-state index contributed by atoms with van der Waals surface area (Å²) in [6.07, 6.45) is 7.15. The van der Waals surface area contributed by atoms with Gasteiger partial charge in [-0.3, -0.25) is 19.2 Å². The predicted octanol–water partition coefficient (Wildman–Crippen LogP) is 4.19. The first-order chi connectivity index (χ1) is 24.0. The normalized spacial score (nSPS) is 29.6. The number of hydrogen-bond acceptors (Lipinski definition) is 8. The molecule has 51 heavy (non-hydrogen) atoms. The van der Waals surface area contributed by atoms with Gasteiger partial charge in [-0.2, -0.15) is 0 Å². The quantitative estimate of drug-likeness (QED) is 0.202. The molecule has 1 N–H and O–H groups in total. The molecule has 0 unspecified atom stereocenters. The molecule has 0 aromatic carbocycles. The lowest BCUT2D eigenvalue weighted by atomic mass is 9.93. The van der Waals surface area contributed by atoms with Crippen LogP contribution < -0.4 is 5.32 Å². The Hall–Kier alpha value is -3.62. The minimum Gasteiger partial charge on any atom is -0.460 e. The van der Waals surface area contributed by atoms with Gasteiger partial charge in [-0.25, -0.2) is 9.59 Å². The standard InChI is InChI=1S/C39H64N4O8/c1-13-17-18-21-29-27(10)34(44)40-30(23(5)6)36(46)42(12)32(25(8)15-3)39(49)51-33(26(9)16-4)37(47)43-22-19-20-28(43)35(45)41(11)31(24(7)14-2)38(48)50-29/h1,23-33H,14-22H2,2-12H3,(H,40,44)/t24-,25+,26+,27+,28+,29-,30+,31+,32+,33+/m1/s1.